The average Bonchev–Trinajstić information content (AvgIpc) is 2.91. The van der Waals surface area contributed by atoms with Crippen LogP contribution in [0.25, 0.3) is 22.4 Å². The van der Waals surface area contributed by atoms with Crippen molar-refractivity contribution in [2.24, 2.45) is 0 Å². The highest BCUT2D eigenvalue weighted by atomic mass is 19.1. The molecule has 0 unspecified atom stereocenters. The van der Waals surface area contributed by atoms with Gasteiger partial charge in [0.1, 0.15) is 22.9 Å². The van der Waals surface area contributed by atoms with Crippen LogP contribution in [-0.2, 0) is 6.54 Å². The van der Waals surface area contributed by atoms with Crippen molar-refractivity contribution in [2.75, 3.05) is 7.11 Å². The molecule has 4 nitrogen and oxygen atoms in total. The van der Waals surface area contributed by atoms with Gasteiger partial charge >= 0.3 is 0 Å². The number of benzene rings is 2. The van der Waals surface area contributed by atoms with Gasteiger partial charge in [-0.3, -0.25) is 0 Å². The first-order chi connectivity index (χ1) is 10.8. The van der Waals surface area contributed by atoms with Crippen LogP contribution in [0.1, 0.15) is 6.42 Å². The summed E-state index contributed by atoms with van der Waals surface area (Å²) >= 11 is 0. The van der Waals surface area contributed by atoms with Gasteiger partial charge in [-0.2, -0.15) is 5.26 Å². The zero-order valence-electron chi connectivity index (χ0n) is 12.1. The van der Waals surface area contributed by atoms with E-state index in [1.165, 1.54) is 6.07 Å². The third-order valence-electron chi connectivity index (χ3n) is 3.52. The van der Waals surface area contributed by atoms with E-state index in [0.29, 0.717) is 35.6 Å². The maximum Gasteiger partial charge on any atom is 0.146 e. The first-order valence-electron chi connectivity index (χ1n) is 6.91. The summed E-state index contributed by atoms with van der Waals surface area (Å²) in [7, 11) is 1.58. The standard InChI is InChI=1S/C17H14FN3O/c1-22-15-9-4-8-14-16(15)20-17(21(14)11-5-10-19)12-6-2-3-7-13(12)18/h2-4,6-9H,5,11H2,1H3. The number of aryl methyl sites for hydroxylation is 1. The number of methoxy groups -OCH3 is 1. The highest BCUT2D eigenvalue weighted by molar-refractivity contribution is 5.86. The molecule has 0 spiro atoms. The van der Waals surface area contributed by atoms with Crippen molar-refractivity contribution >= 4 is 11.0 Å². The predicted octanol–water partition coefficient (Wildman–Crippen LogP) is 3.76. The molecule has 0 amide bonds. The van der Waals surface area contributed by atoms with E-state index in [9.17, 15) is 4.39 Å². The Morgan fingerprint density at radius 2 is 2.05 bits per heavy atom. The van der Waals surface area contributed by atoms with E-state index in [1.54, 1.807) is 25.3 Å². The third kappa shape index (κ3) is 2.29. The third-order valence-corrected chi connectivity index (χ3v) is 3.52. The largest absolute Gasteiger partial charge is 0.494 e. The normalized spacial score (nSPS) is 10.6. The second kappa shape index (κ2) is 5.86. The molecule has 0 saturated heterocycles. The molecular weight excluding hydrogens is 281 g/mol. The first kappa shape index (κ1) is 14.1. The summed E-state index contributed by atoms with van der Waals surface area (Å²) in [5, 5.41) is 8.87. The molecule has 0 aliphatic rings. The number of ether oxygens (including phenoxy) is 1. The number of para-hydroxylation sites is 1. The highest BCUT2D eigenvalue weighted by Gasteiger charge is 2.17. The summed E-state index contributed by atoms with van der Waals surface area (Å²) in [5.41, 5.74) is 1.91. The minimum atomic E-state index is -0.338. The van der Waals surface area contributed by atoms with Crippen LogP contribution >= 0.6 is 0 Å². The van der Waals surface area contributed by atoms with Crippen molar-refractivity contribution < 1.29 is 9.13 Å². The van der Waals surface area contributed by atoms with E-state index >= 15 is 0 Å². The number of halogens is 1. The minimum Gasteiger partial charge on any atom is -0.494 e. The van der Waals surface area contributed by atoms with Crippen LogP contribution in [0, 0.1) is 17.1 Å². The molecule has 0 bridgehead atoms. The van der Waals surface area contributed by atoms with Crippen molar-refractivity contribution in [3.63, 3.8) is 0 Å². The lowest BCUT2D eigenvalue weighted by atomic mass is 10.2. The van der Waals surface area contributed by atoms with Gasteiger partial charge in [-0.25, -0.2) is 9.37 Å². The summed E-state index contributed by atoms with van der Waals surface area (Å²) in [5.74, 6) is 0.800. The van der Waals surface area contributed by atoms with Crippen LogP contribution in [0.4, 0.5) is 4.39 Å². The van der Waals surface area contributed by atoms with E-state index in [1.807, 2.05) is 22.8 Å². The zero-order chi connectivity index (χ0) is 15.5. The Morgan fingerprint density at radius 1 is 1.23 bits per heavy atom. The van der Waals surface area contributed by atoms with E-state index in [4.69, 9.17) is 10.00 Å². The van der Waals surface area contributed by atoms with Gasteiger partial charge in [0.25, 0.3) is 0 Å². The predicted molar refractivity (Wildman–Crippen MR) is 81.9 cm³/mol. The van der Waals surface area contributed by atoms with Crippen molar-refractivity contribution in [3.8, 4) is 23.2 Å². The molecule has 0 fully saturated rings. The Morgan fingerprint density at radius 3 is 2.77 bits per heavy atom. The fourth-order valence-corrected chi connectivity index (χ4v) is 2.52. The molecule has 0 atom stereocenters. The van der Waals surface area contributed by atoms with E-state index in [2.05, 4.69) is 11.1 Å². The average molecular weight is 295 g/mol. The lowest BCUT2D eigenvalue weighted by Gasteiger charge is -2.08. The molecule has 0 N–H and O–H groups in total. The molecule has 1 heterocycles. The maximum atomic E-state index is 14.1. The van der Waals surface area contributed by atoms with Crippen molar-refractivity contribution in [1.29, 1.82) is 5.26 Å². The summed E-state index contributed by atoms with van der Waals surface area (Å²) in [6.07, 6.45) is 0.324. The van der Waals surface area contributed by atoms with Crippen LogP contribution in [0.2, 0.25) is 0 Å². The Balaban J connectivity index is 2.29. The number of nitriles is 1. The fraction of sp³-hybridized carbons (Fsp3) is 0.176. The maximum absolute atomic E-state index is 14.1. The van der Waals surface area contributed by atoms with Gasteiger partial charge in [-0.05, 0) is 24.3 Å². The van der Waals surface area contributed by atoms with Gasteiger partial charge in [0, 0.05) is 6.54 Å². The lowest BCUT2D eigenvalue weighted by molar-refractivity contribution is 0.419. The van der Waals surface area contributed by atoms with E-state index in [0.717, 1.165) is 5.52 Å². The molecule has 2 aromatic carbocycles. The highest BCUT2D eigenvalue weighted by Crippen LogP contribution is 2.31. The van der Waals surface area contributed by atoms with Crippen LogP contribution in [0.15, 0.2) is 42.5 Å². The number of hydrogen-bond acceptors (Lipinski definition) is 3. The summed E-state index contributed by atoms with van der Waals surface area (Å²) in [4.78, 5) is 4.56. The fourth-order valence-electron chi connectivity index (χ4n) is 2.52. The molecule has 3 aromatic rings. The Labute approximate surface area is 127 Å². The van der Waals surface area contributed by atoms with Crippen LogP contribution in [0.5, 0.6) is 5.75 Å². The molecule has 5 heteroatoms. The number of imidazole rings is 1. The minimum absolute atomic E-state index is 0.324. The van der Waals surface area contributed by atoms with E-state index < -0.39 is 0 Å². The molecular formula is C17H14FN3O. The lowest BCUT2D eigenvalue weighted by Crippen LogP contribution is -2.01. The molecule has 0 aliphatic carbocycles. The topological polar surface area (TPSA) is 50.8 Å². The number of fused-ring (bicyclic) bond motifs is 1. The SMILES string of the molecule is COc1cccc2c1nc(-c1ccccc1F)n2CCC#N. The number of aromatic nitrogens is 2. The van der Waals surface area contributed by atoms with Crippen LogP contribution in [-0.4, -0.2) is 16.7 Å². The first-order valence-corrected chi connectivity index (χ1v) is 6.91. The monoisotopic (exact) mass is 295 g/mol. The van der Waals surface area contributed by atoms with Crippen molar-refractivity contribution in [2.45, 2.75) is 13.0 Å². The smallest absolute Gasteiger partial charge is 0.146 e. The second-order valence-corrected chi connectivity index (χ2v) is 4.80. The number of nitrogens with zero attached hydrogens (tertiary/aromatic N) is 3. The molecule has 22 heavy (non-hydrogen) atoms. The van der Waals surface area contributed by atoms with Gasteiger partial charge in [0.15, 0.2) is 0 Å². The van der Waals surface area contributed by atoms with E-state index in [-0.39, 0.29) is 5.82 Å². The van der Waals surface area contributed by atoms with Gasteiger partial charge in [0.05, 0.1) is 30.7 Å². The Hall–Kier alpha value is -2.87. The van der Waals surface area contributed by atoms with Gasteiger partial charge in [0.2, 0.25) is 0 Å². The molecule has 0 saturated carbocycles. The number of hydrogen-bond donors (Lipinski definition) is 0. The summed E-state index contributed by atoms with van der Waals surface area (Å²) < 4.78 is 21.3. The van der Waals surface area contributed by atoms with Gasteiger partial charge in [-0.15, -0.1) is 0 Å². The summed E-state index contributed by atoms with van der Waals surface area (Å²) in [6, 6.07) is 14.2. The molecule has 110 valence electrons. The Bertz CT molecular complexity index is 864. The Kier molecular flexibility index (Phi) is 3.75. The van der Waals surface area contributed by atoms with Gasteiger partial charge < -0.3 is 9.30 Å². The molecule has 0 radical (unpaired) electrons. The van der Waals surface area contributed by atoms with Crippen molar-refractivity contribution in [1.82, 2.24) is 9.55 Å². The molecule has 0 aliphatic heterocycles. The molecule has 1 aromatic heterocycles. The molecule has 3 rings (SSSR count). The summed E-state index contributed by atoms with van der Waals surface area (Å²) in [6.45, 7) is 0.448. The number of rotatable bonds is 4. The quantitative estimate of drug-likeness (QED) is 0.736. The van der Waals surface area contributed by atoms with Crippen LogP contribution < -0.4 is 4.74 Å². The second-order valence-electron chi connectivity index (χ2n) is 4.80. The zero-order valence-corrected chi connectivity index (χ0v) is 12.1. The van der Waals surface area contributed by atoms with Crippen LogP contribution in [0.3, 0.4) is 0 Å². The van der Waals surface area contributed by atoms with Crippen molar-refractivity contribution in [3.05, 3.63) is 48.3 Å². The van der Waals surface area contributed by atoms with Gasteiger partial charge in [-0.1, -0.05) is 18.2 Å².